The summed E-state index contributed by atoms with van der Waals surface area (Å²) in [6.07, 6.45) is -9.93. The van der Waals surface area contributed by atoms with Crippen molar-refractivity contribution in [3.05, 3.63) is 59.2 Å². The Kier molecular flexibility index (Phi) is 5.10. The average Bonchev–Trinajstić information content (AvgIpc) is 2.53. The molecule has 0 atom stereocenters. The van der Waals surface area contributed by atoms with Gasteiger partial charge in [-0.05, 0) is 42.3 Å². The normalized spacial score (nSPS) is 12.1. The Bertz CT molecular complexity index is 745. The van der Waals surface area contributed by atoms with Crippen molar-refractivity contribution in [2.75, 3.05) is 6.61 Å². The summed E-state index contributed by atoms with van der Waals surface area (Å²) in [6, 6.07) is 6.58. The summed E-state index contributed by atoms with van der Waals surface area (Å²) in [6.45, 7) is 1.55. The van der Waals surface area contributed by atoms with Crippen LogP contribution in [0.4, 0.5) is 26.3 Å². The van der Waals surface area contributed by atoms with Crippen molar-refractivity contribution in [3.8, 4) is 11.1 Å². The molecule has 0 saturated carbocycles. The summed E-state index contributed by atoms with van der Waals surface area (Å²) >= 11 is 0. The van der Waals surface area contributed by atoms with Gasteiger partial charge in [-0.25, -0.2) is 4.79 Å². The Morgan fingerprint density at radius 2 is 1.44 bits per heavy atom. The molecule has 0 spiro atoms. The van der Waals surface area contributed by atoms with E-state index in [-0.39, 0.29) is 29.4 Å². The van der Waals surface area contributed by atoms with E-state index in [0.29, 0.717) is 12.1 Å². The summed E-state index contributed by atoms with van der Waals surface area (Å²) in [7, 11) is 0. The number of alkyl halides is 6. The summed E-state index contributed by atoms with van der Waals surface area (Å²) in [4.78, 5) is 11.9. The lowest BCUT2D eigenvalue weighted by Gasteiger charge is -2.15. The molecule has 134 valence electrons. The number of benzene rings is 2. The van der Waals surface area contributed by atoms with E-state index in [1.54, 1.807) is 0 Å². The quantitative estimate of drug-likeness (QED) is 0.527. The summed E-state index contributed by atoms with van der Waals surface area (Å²) in [5.74, 6) is -0.830. The van der Waals surface area contributed by atoms with E-state index < -0.39 is 29.4 Å². The van der Waals surface area contributed by atoms with Gasteiger partial charge < -0.3 is 4.74 Å². The fourth-order valence-electron chi connectivity index (χ4n) is 2.23. The standard InChI is InChI=1S/C17H12F6O2/c1-2-25-15(24)14-6-4-3-5-13(14)10-7-11(16(18,19)20)9-12(8-10)17(21,22)23/h3-9H,2H2,1H3. The highest BCUT2D eigenvalue weighted by Gasteiger charge is 2.37. The first-order valence-corrected chi connectivity index (χ1v) is 7.10. The third-order valence-corrected chi connectivity index (χ3v) is 3.32. The zero-order chi connectivity index (χ0) is 18.8. The van der Waals surface area contributed by atoms with Crippen molar-refractivity contribution in [2.45, 2.75) is 19.3 Å². The molecule has 0 aliphatic carbocycles. The van der Waals surface area contributed by atoms with Gasteiger partial charge in [-0.1, -0.05) is 18.2 Å². The number of hydrogen-bond donors (Lipinski definition) is 0. The number of carbonyl (C=O) groups excluding carboxylic acids is 1. The fourth-order valence-corrected chi connectivity index (χ4v) is 2.23. The molecule has 25 heavy (non-hydrogen) atoms. The van der Waals surface area contributed by atoms with Crippen molar-refractivity contribution in [1.82, 2.24) is 0 Å². The van der Waals surface area contributed by atoms with Crippen LogP contribution >= 0.6 is 0 Å². The highest BCUT2D eigenvalue weighted by atomic mass is 19.4. The van der Waals surface area contributed by atoms with Crippen molar-refractivity contribution >= 4 is 5.97 Å². The van der Waals surface area contributed by atoms with Gasteiger partial charge in [0, 0.05) is 0 Å². The van der Waals surface area contributed by atoms with Gasteiger partial charge in [0.15, 0.2) is 0 Å². The lowest BCUT2D eigenvalue weighted by Crippen LogP contribution is -2.12. The highest BCUT2D eigenvalue weighted by molar-refractivity contribution is 5.97. The van der Waals surface area contributed by atoms with E-state index in [1.165, 1.54) is 31.2 Å². The molecule has 0 unspecified atom stereocenters. The lowest BCUT2D eigenvalue weighted by atomic mass is 9.95. The highest BCUT2D eigenvalue weighted by Crippen LogP contribution is 2.39. The molecule has 0 amide bonds. The van der Waals surface area contributed by atoms with Gasteiger partial charge in [0.1, 0.15) is 0 Å². The van der Waals surface area contributed by atoms with E-state index in [4.69, 9.17) is 4.74 Å². The van der Waals surface area contributed by atoms with Crippen LogP contribution in [0.2, 0.25) is 0 Å². The number of halogens is 6. The monoisotopic (exact) mass is 362 g/mol. The van der Waals surface area contributed by atoms with Crippen molar-refractivity contribution in [1.29, 1.82) is 0 Å². The first-order valence-electron chi connectivity index (χ1n) is 7.10. The van der Waals surface area contributed by atoms with Crippen LogP contribution in [0.15, 0.2) is 42.5 Å². The van der Waals surface area contributed by atoms with Crippen LogP contribution < -0.4 is 0 Å². The molecule has 2 nitrogen and oxygen atoms in total. The van der Waals surface area contributed by atoms with E-state index in [2.05, 4.69) is 0 Å². The maximum atomic E-state index is 13.0. The predicted octanol–water partition coefficient (Wildman–Crippen LogP) is 5.57. The Labute approximate surface area is 139 Å². The summed E-state index contributed by atoms with van der Waals surface area (Å²) in [5, 5.41) is 0. The van der Waals surface area contributed by atoms with Gasteiger partial charge >= 0.3 is 18.3 Å². The van der Waals surface area contributed by atoms with Gasteiger partial charge in [0.05, 0.1) is 23.3 Å². The minimum atomic E-state index is -4.96. The number of hydrogen-bond acceptors (Lipinski definition) is 2. The maximum absolute atomic E-state index is 13.0. The van der Waals surface area contributed by atoms with Crippen molar-refractivity contribution < 1.29 is 35.9 Å². The van der Waals surface area contributed by atoms with Crippen LogP contribution in [0, 0.1) is 0 Å². The Balaban J connectivity index is 2.69. The van der Waals surface area contributed by atoms with Gasteiger partial charge in [-0.2, -0.15) is 26.3 Å². The summed E-state index contributed by atoms with van der Waals surface area (Å²) < 4.78 is 82.6. The van der Waals surface area contributed by atoms with Crippen LogP contribution in [-0.4, -0.2) is 12.6 Å². The van der Waals surface area contributed by atoms with E-state index in [9.17, 15) is 31.1 Å². The van der Waals surface area contributed by atoms with Gasteiger partial charge in [0.2, 0.25) is 0 Å². The molecule has 0 radical (unpaired) electrons. The maximum Gasteiger partial charge on any atom is 0.416 e. The number of rotatable bonds is 3. The van der Waals surface area contributed by atoms with Crippen LogP contribution in [0.25, 0.3) is 11.1 Å². The zero-order valence-electron chi connectivity index (χ0n) is 12.8. The van der Waals surface area contributed by atoms with E-state index >= 15 is 0 Å². The molecule has 2 rings (SSSR count). The van der Waals surface area contributed by atoms with Crippen LogP contribution in [-0.2, 0) is 17.1 Å². The molecular weight excluding hydrogens is 350 g/mol. The van der Waals surface area contributed by atoms with Crippen LogP contribution in [0.3, 0.4) is 0 Å². The molecule has 8 heteroatoms. The van der Waals surface area contributed by atoms with E-state index in [0.717, 1.165) is 0 Å². The fraction of sp³-hybridized carbons (Fsp3) is 0.235. The third-order valence-electron chi connectivity index (χ3n) is 3.32. The molecule has 0 aliphatic heterocycles. The minimum Gasteiger partial charge on any atom is -0.462 e. The molecule has 0 saturated heterocycles. The lowest BCUT2D eigenvalue weighted by molar-refractivity contribution is -0.143. The van der Waals surface area contributed by atoms with Crippen LogP contribution in [0.5, 0.6) is 0 Å². The SMILES string of the molecule is CCOC(=O)c1ccccc1-c1cc(C(F)(F)F)cc(C(F)(F)F)c1. The average molecular weight is 362 g/mol. The minimum absolute atomic E-state index is 0.0174. The number of esters is 1. The first-order chi connectivity index (χ1) is 11.5. The van der Waals surface area contributed by atoms with Gasteiger partial charge in [0.25, 0.3) is 0 Å². The number of ether oxygens (including phenoxy) is 1. The zero-order valence-corrected chi connectivity index (χ0v) is 12.8. The summed E-state index contributed by atoms with van der Waals surface area (Å²) in [5.41, 5.74) is -3.45. The second-order valence-corrected chi connectivity index (χ2v) is 5.06. The molecule has 0 fully saturated rings. The predicted molar refractivity (Wildman–Crippen MR) is 77.8 cm³/mol. The molecule has 0 aromatic heterocycles. The molecule has 0 bridgehead atoms. The second-order valence-electron chi connectivity index (χ2n) is 5.06. The largest absolute Gasteiger partial charge is 0.462 e. The smallest absolute Gasteiger partial charge is 0.416 e. The molecular formula is C17H12F6O2. The molecule has 2 aromatic rings. The molecule has 2 aromatic carbocycles. The molecule has 0 N–H and O–H groups in total. The van der Waals surface area contributed by atoms with Crippen molar-refractivity contribution in [3.63, 3.8) is 0 Å². The van der Waals surface area contributed by atoms with Gasteiger partial charge in [-0.15, -0.1) is 0 Å². The van der Waals surface area contributed by atoms with Crippen LogP contribution in [0.1, 0.15) is 28.4 Å². The second kappa shape index (κ2) is 6.78. The van der Waals surface area contributed by atoms with Crippen molar-refractivity contribution in [2.24, 2.45) is 0 Å². The number of carbonyl (C=O) groups is 1. The molecule has 0 heterocycles. The third kappa shape index (κ3) is 4.32. The Morgan fingerprint density at radius 1 is 0.920 bits per heavy atom. The first kappa shape index (κ1) is 18.8. The molecule has 0 aliphatic rings. The van der Waals surface area contributed by atoms with E-state index in [1.807, 2.05) is 0 Å². The topological polar surface area (TPSA) is 26.3 Å². The Morgan fingerprint density at radius 3 is 1.92 bits per heavy atom. The Hall–Kier alpha value is -2.51. The van der Waals surface area contributed by atoms with Gasteiger partial charge in [-0.3, -0.25) is 0 Å².